The van der Waals surface area contributed by atoms with Crippen molar-refractivity contribution >= 4 is 0 Å². The van der Waals surface area contributed by atoms with Gasteiger partial charge in [-0.2, -0.15) is 5.26 Å². The minimum Gasteiger partial charge on any atom is -0.290 e. The maximum atomic E-state index is 8.67. The van der Waals surface area contributed by atoms with Crippen molar-refractivity contribution in [3.8, 4) is 6.07 Å². The van der Waals surface area contributed by atoms with E-state index in [-0.39, 0.29) is 0 Å². The fraction of sp³-hybridized carbons (Fsp3) is 0.909. The number of piperidine rings is 1. The minimum absolute atomic E-state index is 0.360. The molecule has 1 heterocycles. The normalized spacial score (nSPS) is 26.7. The molecule has 0 atom stereocenters. The SMILES string of the molecule is CC1(C)CN(CC#N)CC(C)(C)C1. The molecule has 1 aliphatic rings. The standard InChI is InChI=1S/C11H20N2/c1-10(2)7-11(3,4)9-13(8-10)6-5-12/h6-9H2,1-4H3. The largest absolute Gasteiger partial charge is 0.290 e. The number of likely N-dealkylation sites (tertiary alicyclic amines) is 1. The van der Waals surface area contributed by atoms with Gasteiger partial charge in [0, 0.05) is 13.1 Å². The second-order valence-electron chi connectivity index (χ2n) is 5.81. The number of hydrogen-bond acceptors (Lipinski definition) is 2. The molecule has 0 aromatic rings. The van der Waals surface area contributed by atoms with E-state index in [1.54, 1.807) is 0 Å². The summed E-state index contributed by atoms with van der Waals surface area (Å²) < 4.78 is 0. The molecule has 1 saturated heterocycles. The Morgan fingerprint density at radius 3 is 2.00 bits per heavy atom. The van der Waals surface area contributed by atoms with Crippen molar-refractivity contribution in [3.63, 3.8) is 0 Å². The minimum atomic E-state index is 0.360. The van der Waals surface area contributed by atoms with E-state index >= 15 is 0 Å². The highest BCUT2D eigenvalue weighted by atomic mass is 15.1. The zero-order valence-corrected chi connectivity index (χ0v) is 9.22. The number of hydrogen-bond donors (Lipinski definition) is 0. The summed E-state index contributed by atoms with van der Waals surface area (Å²) in [7, 11) is 0. The Balaban J connectivity index is 2.67. The van der Waals surface area contributed by atoms with Gasteiger partial charge in [-0.3, -0.25) is 4.90 Å². The van der Waals surface area contributed by atoms with Gasteiger partial charge in [0.25, 0.3) is 0 Å². The van der Waals surface area contributed by atoms with E-state index in [1.807, 2.05) is 0 Å². The molecule has 74 valence electrons. The Hall–Kier alpha value is -0.550. The summed E-state index contributed by atoms with van der Waals surface area (Å²) in [5.74, 6) is 0. The summed E-state index contributed by atoms with van der Waals surface area (Å²) in [6.07, 6.45) is 1.25. The van der Waals surface area contributed by atoms with Crippen LogP contribution in [0.3, 0.4) is 0 Å². The lowest BCUT2D eigenvalue weighted by Crippen LogP contribution is -2.48. The first-order valence-electron chi connectivity index (χ1n) is 4.94. The van der Waals surface area contributed by atoms with Crippen molar-refractivity contribution in [2.45, 2.75) is 34.1 Å². The molecule has 0 aromatic carbocycles. The van der Waals surface area contributed by atoms with E-state index in [1.165, 1.54) is 6.42 Å². The van der Waals surface area contributed by atoms with Crippen molar-refractivity contribution < 1.29 is 0 Å². The first-order chi connectivity index (χ1) is 5.85. The Morgan fingerprint density at radius 2 is 1.62 bits per heavy atom. The van der Waals surface area contributed by atoms with Crippen LogP contribution in [0.25, 0.3) is 0 Å². The van der Waals surface area contributed by atoms with E-state index in [9.17, 15) is 0 Å². The lowest BCUT2D eigenvalue weighted by Gasteiger charge is -2.46. The smallest absolute Gasteiger partial charge is 0.0866 e. The third-order valence-electron chi connectivity index (χ3n) is 2.55. The third kappa shape index (κ3) is 3.00. The van der Waals surface area contributed by atoms with Gasteiger partial charge in [-0.15, -0.1) is 0 Å². The fourth-order valence-electron chi connectivity index (χ4n) is 2.89. The second kappa shape index (κ2) is 3.31. The third-order valence-corrected chi connectivity index (χ3v) is 2.55. The molecule has 0 bridgehead atoms. The lowest BCUT2D eigenvalue weighted by atomic mass is 9.71. The topological polar surface area (TPSA) is 27.0 Å². The quantitative estimate of drug-likeness (QED) is 0.579. The van der Waals surface area contributed by atoms with E-state index in [0.717, 1.165) is 13.1 Å². The molecule has 0 N–H and O–H groups in total. The van der Waals surface area contributed by atoms with Gasteiger partial charge in [-0.1, -0.05) is 27.7 Å². The van der Waals surface area contributed by atoms with Crippen LogP contribution in [0, 0.1) is 22.2 Å². The zero-order valence-electron chi connectivity index (χ0n) is 9.22. The molecule has 0 amide bonds. The number of nitriles is 1. The van der Waals surface area contributed by atoms with Crippen molar-refractivity contribution in [1.82, 2.24) is 4.90 Å². The van der Waals surface area contributed by atoms with Crippen LogP contribution < -0.4 is 0 Å². The highest BCUT2D eigenvalue weighted by Gasteiger charge is 2.36. The molecular formula is C11H20N2. The van der Waals surface area contributed by atoms with Gasteiger partial charge >= 0.3 is 0 Å². The first kappa shape index (κ1) is 10.5. The summed E-state index contributed by atoms with van der Waals surface area (Å²) in [6.45, 7) is 11.9. The second-order valence-corrected chi connectivity index (χ2v) is 5.81. The average molecular weight is 180 g/mol. The molecule has 0 saturated carbocycles. The predicted molar refractivity (Wildman–Crippen MR) is 54.2 cm³/mol. The fourth-order valence-corrected chi connectivity index (χ4v) is 2.89. The van der Waals surface area contributed by atoms with Gasteiger partial charge in [-0.05, 0) is 17.3 Å². The van der Waals surface area contributed by atoms with Crippen molar-refractivity contribution in [2.75, 3.05) is 19.6 Å². The molecule has 1 fully saturated rings. The zero-order chi connectivity index (χ0) is 10.1. The maximum Gasteiger partial charge on any atom is 0.0866 e. The molecule has 0 aliphatic carbocycles. The monoisotopic (exact) mass is 180 g/mol. The molecule has 0 radical (unpaired) electrons. The lowest BCUT2D eigenvalue weighted by molar-refractivity contribution is 0.0362. The van der Waals surface area contributed by atoms with E-state index in [0.29, 0.717) is 17.4 Å². The molecule has 13 heavy (non-hydrogen) atoms. The van der Waals surface area contributed by atoms with Crippen LogP contribution >= 0.6 is 0 Å². The highest BCUT2D eigenvalue weighted by molar-refractivity contribution is 4.92. The maximum absolute atomic E-state index is 8.67. The van der Waals surface area contributed by atoms with Crippen LogP contribution in [-0.2, 0) is 0 Å². The number of rotatable bonds is 1. The summed E-state index contributed by atoms with van der Waals surface area (Å²) in [6, 6.07) is 2.24. The van der Waals surface area contributed by atoms with Crippen molar-refractivity contribution in [1.29, 1.82) is 5.26 Å². The Labute approximate surface area is 81.5 Å². The van der Waals surface area contributed by atoms with Crippen LogP contribution in [-0.4, -0.2) is 24.5 Å². The van der Waals surface area contributed by atoms with Gasteiger partial charge in [0.05, 0.1) is 12.6 Å². The molecule has 1 aliphatic heterocycles. The van der Waals surface area contributed by atoms with E-state index in [4.69, 9.17) is 5.26 Å². The molecule has 2 heteroatoms. The van der Waals surface area contributed by atoms with Crippen molar-refractivity contribution in [2.24, 2.45) is 10.8 Å². The molecule has 2 nitrogen and oxygen atoms in total. The molecular weight excluding hydrogens is 160 g/mol. The summed E-state index contributed by atoms with van der Waals surface area (Å²) in [4.78, 5) is 2.27. The summed E-state index contributed by atoms with van der Waals surface area (Å²) in [5, 5.41) is 8.67. The van der Waals surface area contributed by atoms with Gasteiger partial charge in [0.2, 0.25) is 0 Å². The van der Waals surface area contributed by atoms with Gasteiger partial charge in [0.15, 0.2) is 0 Å². The molecule has 0 aromatic heterocycles. The molecule has 1 rings (SSSR count). The van der Waals surface area contributed by atoms with Crippen LogP contribution in [0.2, 0.25) is 0 Å². The highest BCUT2D eigenvalue weighted by Crippen LogP contribution is 2.39. The summed E-state index contributed by atoms with van der Waals surface area (Å²) in [5.41, 5.74) is 0.719. The first-order valence-corrected chi connectivity index (χ1v) is 4.94. The van der Waals surface area contributed by atoms with Gasteiger partial charge in [0.1, 0.15) is 0 Å². The Morgan fingerprint density at radius 1 is 1.15 bits per heavy atom. The average Bonchev–Trinajstić information content (AvgIpc) is 1.78. The van der Waals surface area contributed by atoms with E-state index in [2.05, 4.69) is 38.7 Å². The molecule has 0 spiro atoms. The van der Waals surface area contributed by atoms with Gasteiger partial charge in [-0.25, -0.2) is 0 Å². The Bertz CT molecular complexity index is 207. The van der Waals surface area contributed by atoms with Crippen LogP contribution in [0.1, 0.15) is 34.1 Å². The van der Waals surface area contributed by atoms with Crippen LogP contribution in [0.15, 0.2) is 0 Å². The van der Waals surface area contributed by atoms with Gasteiger partial charge < -0.3 is 0 Å². The van der Waals surface area contributed by atoms with Crippen LogP contribution in [0.4, 0.5) is 0 Å². The van der Waals surface area contributed by atoms with Crippen molar-refractivity contribution in [3.05, 3.63) is 0 Å². The molecule has 0 unspecified atom stereocenters. The van der Waals surface area contributed by atoms with E-state index < -0.39 is 0 Å². The Kier molecular flexibility index (Phi) is 2.68. The summed E-state index contributed by atoms with van der Waals surface area (Å²) >= 11 is 0. The predicted octanol–water partition coefficient (Wildman–Crippen LogP) is 2.27. The number of nitrogens with zero attached hydrogens (tertiary/aromatic N) is 2. The van der Waals surface area contributed by atoms with Crippen LogP contribution in [0.5, 0.6) is 0 Å².